The molecule has 6 heteroatoms. The highest BCUT2D eigenvalue weighted by molar-refractivity contribution is 5.88. The van der Waals surface area contributed by atoms with Crippen LogP contribution in [-0.2, 0) is 23.9 Å². The molecule has 6 nitrogen and oxygen atoms in total. The summed E-state index contributed by atoms with van der Waals surface area (Å²) in [7, 11) is 2.78. The SMILES string of the molecule is C.C.C.COC(=O)C1=CCCC1.COC(=O)CCCCO.O=C1CCCC1. The lowest BCUT2D eigenvalue weighted by Crippen LogP contribution is -2.01. The topological polar surface area (TPSA) is 89.9 Å². The van der Waals surface area contributed by atoms with Crippen LogP contribution < -0.4 is 0 Å². The van der Waals surface area contributed by atoms with Gasteiger partial charge in [-0.15, -0.1) is 0 Å². The number of hydrogen-bond acceptors (Lipinski definition) is 6. The van der Waals surface area contributed by atoms with Crippen molar-refractivity contribution in [1.29, 1.82) is 0 Å². The first kappa shape index (κ1) is 32.9. The molecule has 2 rings (SSSR count). The van der Waals surface area contributed by atoms with E-state index in [1.165, 1.54) is 14.2 Å². The fraction of sp³-hybridized carbons (Fsp3) is 0.762. The molecular formula is C21H42O6. The Morgan fingerprint density at radius 3 is 1.89 bits per heavy atom. The van der Waals surface area contributed by atoms with Gasteiger partial charge < -0.3 is 14.6 Å². The van der Waals surface area contributed by atoms with Gasteiger partial charge in [0.2, 0.25) is 0 Å². The van der Waals surface area contributed by atoms with E-state index in [1.54, 1.807) is 0 Å². The van der Waals surface area contributed by atoms with Gasteiger partial charge in [-0.3, -0.25) is 9.59 Å². The number of carbonyl (C=O) groups excluding carboxylic acids is 3. The van der Waals surface area contributed by atoms with Gasteiger partial charge >= 0.3 is 11.9 Å². The average molecular weight is 391 g/mol. The molecule has 1 N–H and O–H groups in total. The molecule has 0 atom stereocenters. The third-order valence-electron chi connectivity index (χ3n) is 3.67. The van der Waals surface area contributed by atoms with E-state index in [0.717, 1.165) is 50.5 Å². The van der Waals surface area contributed by atoms with Crippen molar-refractivity contribution in [2.45, 2.75) is 86.5 Å². The molecule has 0 aromatic rings. The Kier molecular flexibility index (Phi) is 27.3. The first-order valence-electron chi connectivity index (χ1n) is 8.51. The van der Waals surface area contributed by atoms with E-state index in [9.17, 15) is 14.4 Å². The van der Waals surface area contributed by atoms with Gasteiger partial charge in [-0.1, -0.05) is 28.4 Å². The van der Waals surface area contributed by atoms with Crippen LogP contribution >= 0.6 is 0 Å². The Bertz CT molecular complexity index is 407. The van der Waals surface area contributed by atoms with Crippen molar-refractivity contribution in [1.82, 2.24) is 0 Å². The van der Waals surface area contributed by atoms with Crippen molar-refractivity contribution in [2.24, 2.45) is 0 Å². The highest BCUT2D eigenvalue weighted by atomic mass is 16.5. The van der Waals surface area contributed by atoms with Crippen LogP contribution in [0.15, 0.2) is 11.6 Å². The maximum atomic E-state index is 10.7. The number of aliphatic hydroxyl groups is 1. The maximum absolute atomic E-state index is 10.7. The van der Waals surface area contributed by atoms with E-state index in [1.807, 2.05) is 6.08 Å². The molecule has 0 heterocycles. The molecule has 1 fully saturated rings. The summed E-state index contributed by atoms with van der Waals surface area (Å²) in [6.07, 6.45) is 10.8. The van der Waals surface area contributed by atoms with E-state index in [2.05, 4.69) is 9.47 Å². The molecule has 0 spiro atoms. The van der Waals surface area contributed by atoms with Crippen molar-refractivity contribution < 1.29 is 29.0 Å². The number of esters is 2. The predicted molar refractivity (Wildman–Crippen MR) is 111 cm³/mol. The molecule has 0 aromatic heterocycles. The zero-order chi connectivity index (χ0) is 18.2. The van der Waals surface area contributed by atoms with Crippen LogP contribution in [0.4, 0.5) is 0 Å². The summed E-state index contributed by atoms with van der Waals surface area (Å²) in [5.41, 5.74) is 0.845. The molecule has 0 unspecified atom stereocenters. The van der Waals surface area contributed by atoms with Gasteiger partial charge in [0.05, 0.1) is 14.2 Å². The van der Waals surface area contributed by atoms with Gasteiger partial charge in [0.25, 0.3) is 0 Å². The van der Waals surface area contributed by atoms with E-state index in [4.69, 9.17) is 5.11 Å². The Balaban J connectivity index is -0.000000141. The van der Waals surface area contributed by atoms with Crippen LogP contribution in [0.3, 0.4) is 0 Å². The molecule has 0 amide bonds. The Hall–Kier alpha value is -1.69. The summed E-state index contributed by atoms with van der Waals surface area (Å²) in [5, 5.41) is 8.30. The number of unbranched alkanes of at least 4 members (excludes halogenated alkanes) is 1. The second-order valence-corrected chi connectivity index (χ2v) is 5.62. The molecule has 162 valence electrons. The summed E-state index contributed by atoms with van der Waals surface area (Å²) >= 11 is 0. The van der Waals surface area contributed by atoms with Crippen LogP contribution in [0.1, 0.15) is 86.5 Å². The number of methoxy groups -OCH3 is 2. The number of ether oxygens (including phenoxy) is 2. The van der Waals surface area contributed by atoms with Crippen LogP contribution in [0.5, 0.6) is 0 Å². The number of carbonyl (C=O) groups is 3. The van der Waals surface area contributed by atoms with Crippen LogP contribution in [0.25, 0.3) is 0 Å². The van der Waals surface area contributed by atoms with Crippen molar-refractivity contribution in [3.8, 4) is 0 Å². The molecular weight excluding hydrogens is 348 g/mol. The first-order chi connectivity index (χ1) is 11.5. The highest BCUT2D eigenvalue weighted by Crippen LogP contribution is 2.17. The van der Waals surface area contributed by atoms with Gasteiger partial charge in [0.1, 0.15) is 5.78 Å². The molecule has 2 aliphatic rings. The zero-order valence-electron chi connectivity index (χ0n) is 14.8. The number of hydrogen-bond donors (Lipinski definition) is 1. The highest BCUT2D eigenvalue weighted by Gasteiger charge is 2.12. The fourth-order valence-corrected chi connectivity index (χ4v) is 2.24. The summed E-state index contributed by atoms with van der Waals surface area (Å²) in [5.74, 6) is 0.0888. The standard InChI is InChI=1S/C7H10O2.C6H12O3.C5H8O.3CH4/c1-9-7(8)6-4-2-3-5-6;1-9-6(8)4-2-3-5-7;6-5-3-1-2-4-5;;;/h4H,2-3,5H2,1H3;7H,2-5H2,1H3;1-4H2;3*1H4. The zero-order valence-corrected chi connectivity index (χ0v) is 14.8. The van der Waals surface area contributed by atoms with Gasteiger partial charge in [-0.25, -0.2) is 4.79 Å². The summed E-state index contributed by atoms with van der Waals surface area (Å²) < 4.78 is 8.90. The average Bonchev–Trinajstić information content (AvgIpc) is 3.29. The van der Waals surface area contributed by atoms with Crippen LogP contribution in [-0.4, -0.2) is 43.7 Å². The lowest BCUT2D eigenvalue weighted by Gasteiger charge is -1.95. The second-order valence-electron chi connectivity index (χ2n) is 5.62. The monoisotopic (exact) mass is 390 g/mol. The fourth-order valence-electron chi connectivity index (χ4n) is 2.24. The second kappa shape index (κ2) is 22.4. The Morgan fingerprint density at radius 1 is 0.963 bits per heavy atom. The van der Waals surface area contributed by atoms with Crippen LogP contribution in [0.2, 0.25) is 0 Å². The minimum atomic E-state index is -0.205. The van der Waals surface area contributed by atoms with Crippen molar-refractivity contribution in [3.63, 3.8) is 0 Å². The molecule has 27 heavy (non-hydrogen) atoms. The van der Waals surface area contributed by atoms with Gasteiger partial charge in [0, 0.05) is 31.4 Å². The third kappa shape index (κ3) is 18.9. The van der Waals surface area contributed by atoms with Crippen molar-refractivity contribution in [2.75, 3.05) is 20.8 Å². The quantitative estimate of drug-likeness (QED) is 0.544. The number of rotatable bonds is 5. The van der Waals surface area contributed by atoms with E-state index >= 15 is 0 Å². The number of ketones is 1. The summed E-state index contributed by atoms with van der Waals surface area (Å²) in [4.78, 5) is 31.3. The lowest BCUT2D eigenvalue weighted by molar-refractivity contribution is -0.140. The van der Waals surface area contributed by atoms with E-state index in [0.29, 0.717) is 25.0 Å². The molecule has 0 bridgehead atoms. The van der Waals surface area contributed by atoms with Gasteiger partial charge in [-0.2, -0.15) is 0 Å². The van der Waals surface area contributed by atoms with Gasteiger partial charge in [-0.05, 0) is 44.9 Å². The third-order valence-corrected chi connectivity index (χ3v) is 3.67. The molecule has 0 saturated heterocycles. The van der Waals surface area contributed by atoms with Crippen molar-refractivity contribution in [3.05, 3.63) is 11.6 Å². The molecule has 0 aromatic carbocycles. The minimum absolute atomic E-state index is 0. The first-order valence-corrected chi connectivity index (χ1v) is 8.51. The number of Topliss-reactive ketones (excluding diaryl/α,β-unsaturated/α-hetero) is 1. The Morgan fingerprint density at radius 2 is 1.56 bits per heavy atom. The number of aliphatic hydroxyl groups excluding tert-OH is 1. The Labute approximate surface area is 166 Å². The molecule has 1 saturated carbocycles. The normalized spacial score (nSPS) is 13.7. The van der Waals surface area contributed by atoms with E-state index in [-0.39, 0.29) is 40.8 Å². The van der Waals surface area contributed by atoms with Crippen molar-refractivity contribution >= 4 is 17.7 Å². The predicted octanol–water partition coefficient (Wildman–Crippen LogP) is 4.63. The lowest BCUT2D eigenvalue weighted by atomic mass is 10.2. The van der Waals surface area contributed by atoms with Crippen LogP contribution in [0, 0.1) is 0 Å². The minimum Gasteiger partial charge on any atom is -0.469 e. The molecule has 0 radical (unpaired) electrons. The summed E-state index contributed by atoms with van der Waals surface area (Å²) in [6.45, 7) is 0.150. The smallest absolute Gasteiger partial charge is 0.333 e. The maximum Gasteiger partial charge on any atom is 0.333 e. The van der Waals surface area contributed by atoms with E-state index < -0.39 is 0 Å². The molecule has 0 aliphatic heterocycles. The summed E-state index contributed by atoms with van der Waals surface area (Å²) in [6, 6.07) is 0. The largest absolute Gasteiger partial charge is 0.469 e. The number of allylic oxidation sites excluding steroid dienone is 1. The van der Waals surface area contributed by atoms with Gasteiger partial charge in [0.15, 0.2) is 0 Å². The molecule has 2 aliphatic carbocycles.